The number of nitrogens with two attached hydrogens (primary N) is 1. The lowest BCUT2D eigenvalue weighted by molar-refractivity contribution is 0.561. The van der Waals surface area contributed by atoms with E-state index >= 15 is 0 Å². The fourth-order valence-corrected chi connectivity index (χ4v) is 3.02. The Morgan fingerprint density at radius 1 is 1.00 bits per heavy atom. The van der Waals surface area contributed by atoms with Gasteiger partial charge >= 0.3 is 0 Å². The van der Waals surface area contributed by atoms with E-state index in [1.54, 1.807) is 18.3 Å². The quantitative estimate of drug-likeness (QED) is 0.874. The molecule has 1 nitrogen and oxygen atoms in total. The van der Waals surface area contributed by atoms with Crippen molar-refractivity contribution in [2.75, 3.05) is 0 Å². The zero-order chi connectivity index (χ0) is 13.4. The fraction of sp³-hybridized carbons (Fsp3) is 0.286. The van der Waals surface area contributed by atoms with Gasteiger partial charge < -0.3 is 5.73 Å². The van der Waals surface area contributed by atoms with Gasteiger partial charge in [-0.25, -0.2) is 8.78 Å². The van der Waals surface area contributed by atoms with E-state index in [2.05, 4.69) is 0 Å². The average molecular weight is 267 g/mol. The first-order chi connectivity index (χ1) is 8.40. The summed E-state index contributed by atoms with van der Waals surface area (Å²) in [6.45, 7) is 5.55. The molecule has 1 atom stereocenters. The zero-order valence-corrected chi connectivity index (χ0v) is 11.4. The zero-order valence-electron chi connectivity index (χ0n) is 10.6. The third kappa shape index (κ3) is 2.31. The Morgan fingerprint density at radius 2 is 1.67 bits per heavy atom. The SMILES string of the molecule is Cc1cc(C(N)c2cc(C)c(F)cc2F)c(C)s1. The van der Waals surface area contributed by atoms with Crippen LogP contribution in [0.5, 0.6) is 0 Å². The maximum Gasteiger partial charge on any atom is 0.131 e. The maximum atomic E-state index is 13.8. The van der Waals surface area contributed by atoms with Gasteiger partial charge in [-0.2, -0.15) is 0 Å². The topological polar surface area (TPSA) is 26.0 Å². The fourth-order valence-electron chi connectivity index (χ4n) is 2.04. The molecule has 18 heavy (non-hydrogen) atoms. The van der Waals surface area contributed by atoms with Crippen LogP contribution >= 0.6 is 11.3 Å². The van der Waals surface area contributed by atoms with E-state index in [-0.39, 0.29) is 0 Å². The van der Waals surface area contributed by atoms with Gasteiger partial charge in [-0.05, 0) is 44.0 Å². The predicted molar refractivity (Wildman–Crippen MR) is 70.9 cm³/mol. The molecular weight excluding hydrogens is 252 g/mol. The van der Waals surface area contributed by atoms with E-state index in [0.29, 0.717) is 11.1 Å². The molecule has 1 aromatic carbocycles. The standard InChI is InChI=1S/C14H15F2NS/c1-7-4-11(13(16)6-12(7)15)14(17)10-5-8(2)18-9(10)3/h4-6,14H,17H2,1-3H3. The molecule has 0 saturated heterocycles. The van der Waals surface area contributed by atoms with Gasteiger partial charge in [-0.15, -0.1) is 11.3 Å². The van der Waals surface area contributed by atoms with E-state index in [1.165, 1.54) is 6.07 Å². The summed E-state index contributed by atoms with van der Waals surface area (Å²) in [5.41, 5.74) is 7.75. The van der Waals surface area contributed by atoms with Crippen molar-refractivity contribution in [3.63, 3.8) is 0 Å². The first kappa shape index (κ1) is 13.2. The van der Waals surface area contributed by atoms with Gasteiger partial charge in [0.05, 0.1) is 6.04 Å². The molecule has 1 heterocycles. The number of hydrogen-bond donors (Lipinski definition) is 1. The van der Waals surface area contributed by atoms with Gasteiger partial charge in [0.2, 0.25) is 0 Å². The minimum atomic E-state index is -0.589. The number of aryl methyl sites for hydroxylation is 3. The van der Waals surface area contributed by atoms with Crippen molar-refractivity contribution in [1.29, 1.82) is 0 Å². The summed E-state index contributed by atoms with van der Waals surface area (Å²) in [6.07, 6.45) is 0. The van der Waals surface area contributed by atoms with Crippen LogP contribution in [0.2, 0.25) is 0 Å². The van der Waals surface area contributed by atoms with Crippen molar-refractivity contribution in [3.05, 3.63) is 56.3 Å². The predicted octanol–water partition coefficient (Wildman–Crippen LogP) is 4.00. The molecule has 96 valence electrons. The van der Waals surface area contributed by atoms with E-state index in [4.69, 9.17) is 5.73 Å². The summed E-state index contributed by atoms with van der Waals surface area (Å²) in [5, 5.41) is 0. The van der Waals surface area contributed by atoms with Gasteiger partial charge in [-0.1, -0.05) is 0 Å². The number of benzene rings is 1. The van der Waals surface area contributed by atoms with E-state index in [9.17, 15) is 8.78 Å². The van der Waals surface area contributed by atoms with Gasteiger partial charge in [0.25, 0.3) is 0 Å². The Morgan fingerprint density at radius 3 is 2.22 bits per heavy atom. The van der Waals surface area contributed by atoms with Crippen LogP contribution in [0, 0.1) is 32.4 Å². The van der Waals surface area contributed by atoms with Crippen LogP contribution in [0.15, 0.2) is 18.2 Å². The largest absolute Gasteiger partial charge is 0.320 e. The van der Waals surface area contributed by atoms with Crippen molar-refractivity contribution in [1.82, 2.24) is 0 Å². The van der Waals surface area contributed by atoms with Crippen LogP contribution in [0.25, 0.3) is 0 Å². The summed E-state index contributed by atoms with van der Waals surface area (Å²) in [5.74, 6) is -1.13. The summed E-state index contributed by atoms with van der Waals surface area (Å²) in [6, 6.07) is 3.80. The van der Waals surface area contributed by atoms with Crippen LogP contribution in [0.1, 0.15) is 32.5 Å². The van der Waals surface area contributed by atoms with Crippen molar-refractivity contribution in [2.45, 2.75) is 26.8 Å². The molecule has 0 aliphatic heterocycles. The highest BCUT2D eigenvalue weighted by atomic mass is 32.1. The van der Waals surface area contributed by atoms with Crippen LogP contribution in [0.4, 0.5) is 8.78 Å². The van der Waals surface area contributed by atoms with Gasteiger partial charge in [0.1, 0.15) is 11.6 Å². The summed E-state index contributed by atoms with van der Waals surface area (Å²) in [4.78, 5) is 2.21. The Balaban J connectivity index is 2.49. The summed E-state index contributed by atoms with van der Waals surface area (Å²) in [7, 11) is 0. The molecule has 0 amide bonds. The maximum absolute atomic E-state index is 13.8. The second kappa shape index (κ2) is 4.78. The molecule has 0 bridgehead atoms. The van der Waals surface area contributed by atoms with Crippen molar-refractivity contribution in [2.24, 2.45) is 5.73 Å². The monoisotopic (exact) mass is 267 g/mol. The molecule has 2 aromatic rings. The molecule has 4 heteroatoms. The second-order valence-electron chi connectivity index (χ2n) is 4.47. The molecule has 1 aromatic heterocycles. The summed E-state index contributed by atoms with van der Waals surface area (Å²) >= 11 is 1.63. The average Bonchev–Trinajstić information content (AvgIpc) is 2.62. The third-order valence-electron chi connectivity index (χ3n) is 3.03. The highest BCUT2D eigenvalue weighted by Crippen LogP contribution is 2.31. The van der Waals surface area contributed by atoms with Crippen LogP contribution in [-0.2, 0) is 0 Å². The molecule has 0 aliphatic carbocycles. The molecule has 1 unspecified atom stereocenters. The first-order valence-electron chi connectivity index (χ1n) is 5.68. The van der Waals surface area contributed by atoms with Gasteiger partial charge in [-0.3, -0.25) is 0 Å². The lowest BCUT2D eigenvalue weighted by Gasteiger charge is -2.14. The summed E-state index contributed by atoms with van der Waals surface area (Å²) < 4.78 is 27.0. The minimum Gasteiger partial charge on any atom is -0.320 e. The normalized spacial score (nSPS) is 12.8. The molecule has 0 spiro atoms. The number of rotatable bonds is 2. The number of thiophene rings is 1. The lowest BCUT2D eigenvalue weighted by Crippen LogP contribution is -2.14. The van der Waals surface area contributed by atoms with Crippen molar-refractivity contribution < 1.29 is 8.78 Å². The molecule has 0 fully saturated rings. The highest BCUT2D eigenvalue weighted by Gasteiger charge is 2.18. The van der Waals surface area contributed by atoms with Crippen molar-refractivity contribution in [3.8, 4) is 0 Å². The first-order valence-corrected chi connectivity index (χ1v) is 6.50. The Labute approximate surface area is 109 Å². The molecule has 2 rings (SSSR count). The third-order valence-corrected chi connectivity index (χ3v) is 4.01. The lowest BCUT2D eigenvalue weighted by atomic mass is 9.97. The van der Waals surface area contributed by atoms with Crippen LogP contribution < -0.4 is 5.73 Å². The van der Waals surface area contributed by atoms with Gasteiger partial charge in [0, 0.05) is 21.4 Å². The Hall–Kier alpha value is -1.26. The minimum absolute atomic E-state index is 0.342. The van der Waals surface area contributed by atoms with Crippen molar-refractivity contribution >= 4 is 11.3 Å². The molecule has 0 saturated carbocycles. The number of halogens is 2. The van der Waals surface area contributed by atoms with E-state index in [1.807, 2.05) is 19.9 Å². The van der Waals surface area contributed by atoms with Gasteiger partial charge in [0.15, 0.2) is 0 Å². The molecule has 2 N–H and O–H groups in total. The second-order valence-corrected chi connectivity index (χ2v) is 5.93. The molecule has 0 aliphatic rings. The highest BCUT2D eigenvalue weighted by molar-refractivity contribution is 7.12. The van der Waals surface area contributed by atoms with Crippen LogP contribution in [-0.4, -0.2) is 0 Å². The molecule has 0 radical (unpaired) electrons. The van der Waals surface area contributed by atoms with E-state index < -0.39 is 17.7 Å². The Kier molecular flexibility index (Phi) is 3.50. The Bertz CT molecular complexity index is 590. The molecular formula is C14H15F2NS. The number of hydrogen-bond acceptors (Lipinski definition) is 2. The van der Waals surface area contributed by atoms with Crippen LogP contribution in [0.3, 0.4) is 0 Å². The van der Waals surface area contributed by atoms with E-state index in [0.717, 1.165) is 21.4 Å². The smallest absolute Gasteiger partial charge is 0.131 e.